The maximum atomic E-state index is 4.10. The van der Waals surface area contributed by atoms with Crippen LogP contribution in [0.25, 0.3) is 39.0 Å². The van der Waals surface area contributed by atoms with Crippen molar-refractivity contribution in [1.29, 1.82) is 0 Å². The molecule has 5 rings (SSSR count). The Balaban J connectivity index is 1.67. The zero-order valence-electron chi connectivity index (χ0n) is 14.8. The van der Waals surface area contributed by atoms with Crippen LogP contribution in [0.3, 0.4) is 0 Å². The summed E-state index contributed by atoms with van der Waals surface area (Å²) in [6, 6.07) is 34.2. The Labute approximate surface area is 158 Å². The summed E-state index contributed by atoms with van der Waals surface area (Å²) in [5.74, 6) is 0. The van der Waals surface area contributed by atoms with Crippen LogP contribution in [0.5, 0.6) is 0 Å². The van der Waals surface area contributed by atoms with Gasteiger partial charge in [-0.3, -0.25) is 4.98 Å². The van der Waals surface area contributed by atoms with Gasteiger partial charge in [-0.05, 0) is 53.1 Å². The molecule has 2 heterocycles. The zero-order chi connectivity index (χ0) is 18.1. The predicted molar refractivity (Wildman–Crippen MR) is 112 cm³/mol. The average Bonchev–Trinajstić information content (AvgIpc) is 3.15. The minimum Gasteiger partial charge on any atom is -0.309 e. The van der Waals surface area contributed by atoms with Gasteiger partial charge in [-0.2, -0.15) is 0 Å². The molecule has 2 aromatic heterocycles. The molecule has 0 N–H and O–H groups in total. The highest BCUT2D eigenvalue weighted by Crippen LogP contribution is 2.32. The zero-order valence-corrected chi connectivity index (χ0v) is 14.8. The van der Waals surface area contributed by atoms with Crippen molar-refractivity contribution in [2.45, 2.75) is 0 Å². The molecule has 5 aromatic rings. The van der Waals surface area contributed by atoms with Gasteiger partial charge in [0.25, 0.3) is 0 Å². The molecule has 0 saturated heterocycles. The van der Waals surface area contributed by atoms with E-state index in [1.807, 2.05) is 24.5 Å². The molecule has 27 heavy (non-hydrogen) atoms. The second-order valence-corrected chi connectivity index (χ2v) is 6.57. The Hall–Kier alpha value is -3.65. The first kappa shape index (κ1) is 15.6. The summed E-state index contributed by atoms with van der Waals surface area (Å²) in [6.07, 6.45) is 3.66. The third-order valence-electron chi connectivity index (χ3n) is 4.92. The number of rotatable bonds is 3. The SMILES string of the molecule is c1ccc(-n2c(-c3ccc(-c4ccncc4)cc3)cc3ccccc32)cc1. The molecule has 0 aliphatic rings. The summed E-state index contributed by atoms with van der Waals surface area (Å²) in [4.78, 5) is 4.10. The Morgan fingerprint density at radius 3 is 1.96 bits per heavy atom. The van der Waals surface area contributed by atoms with Crippen molar-refractivity contribution in [3.63, 3.8) is 0 Å². The van der Waals surface area contributed by atoms with Crippen molar-refractivity contribution in [2.24, 2.45) is 0 Å². The Morgan fingerprint density at radius 1 is 0.556 bits per heavy atom. The number of pyridine rings is 1. The van der Waals surface area contributed by atoms with Crippen LogP contribution in [0, 0.1) is 0 Å². The average molecular weight is 346 g/mol. The van der Waals surface area contributed by atoms with Crippen LogP contribution in [0.2, 0.25) is 0 Å². The molecule has 0 unspecified atom stereocenters. The molecular weight excluding hydrogens is 328 g/mol. The van der Waals surface area contributed by atoms with Crippen molar-refractivity contribution < 1.29 is 0 Å². The minimum atomic E-state index is 1.17. The standard InChI is InChI=1S/C25H18N2/c1-2-7-23(8-3-1)27-24-9-5-4-6-22(24)18-25(27)21-12-10-19(11-13-21)20-14-16-26-17-15-20/h1-18H. The summed E-state index contributed by atoms with van der Waals surface area (Å²) in [5, 5.41) is 1.24. The van der Waals surface area contributed by atoms with Crippen LogP contribution in [0.4, 0.5) is 0 Å². The Morgan fingerprint density at radius 2 is 1.19 bits per heavy atom. The fourth-order valence-electron chi connectivity index (χ4n) is 3.60. The molecule has 128 valence electrons. The highest BCUT2D eigenvalue weighted by molar-refractivity contribution is 5.89. The van der Waals surface area contributed by atoms with Crippen molar-refractivity contribution in [1.82, 2.24) is 9.55 Å². The van der Waals surface area contributed by atoms with Gasteiger partial charge in [-0.25, -0.2) is 0 Å². The number of nitrogens with zero attached hydrogens (tertiary/aromatic N) is 2. The molecule has 2 heteroatoms. The molecule has 0 aliphatic carbocycles. The Bertz CT molecular complexity index is 1190. The van der Waals surface area contributed by atoms with E-state index in [4.69, 9.17) is 0 Å². The monoisotopic (exact) mass is 346 g/mol. The van der Waals surface area contributed by atoms with E-state index in [1.54, 1.807) is 0 Å². The highest BCUT2D eigenvalue weighted by atomic mass is 15.0. The van der Waals surface area contributed by atoms with E-state index >= 15 is 0 Å². The van der Waals surface area contributed by atoms with Crippen molar-refractivity contribution in [2.75, 3.05) is 0 Å². The number of hydrogen-bond donors (Lipinski definition) is 0. The van der Waals surface area contributed by atoms with Gasteiger partial charge in [0.1, 0.15) is 0 Å². The van der Waals surface area contributed by atoms with E-state index < -0.39 is 0 Å². The maximum Gasteiger partial charge on any atom is 0.0540 e. The lowest BCUT2D eigenvalue weighted by Crippen LogP contribution is -1.96. The first-order chi connectivity index (χ1) is 13.4. The predicted octanol–water partition coefficient (Wildman–Crippen LogP) is 6.36. The van der Waals surface area contributed by atoms with Crippen LogP contribution in [0.15, 0.2) is 109 Å². The number of fused-ring (bicyclic) bond motifs is 1. The van der Waals surface area contributed by atoms with Gasteiger partial charge < -0.3 is 4.57 Å². The van der Waals surface area contributed by atoms with E-state index in [2.05, 4.69) is 94.5 Å². The van der Waals surface area contributed by atoms with Gasteiger partial charge in [0.15, 0.2) is 0 Å². The molecule has 0 radical (unpaired) electrons. The number of benzene rings is 3. The van der Waals surface area contributed by atoms with Crippen molar-refractivity contribution in [3.05, 3.63) is 109 Å². The first-order valence-corrected chi connectivity index (χ1v) is 9.07. The molecule has 0 bridgehead atoms. The van der Waals surface area contributed by atoms with Crippen molar-refractivity contribution >= 4 is 10.9 Å². The minimum absolute atomic E-state index is 1.17. The molecule has 0 aliphatic heterocycles. The third kappa shape index (κ3) is 2.81. The fourth-order valence-corrected chi connectivity index (χ4v) is 3.60. The highest BCUT2D eigenvalue weighted by Gasteiger charge is 2.12. The number of aromatic nitrogens is 2. The molecular formula is C25H18N2. The lowest BCUT2D eigenvalue weighted by Gasteiger charge is -2.12. The fraction of sp³-hybridized carbons (Fsp3) is 0. The van der Waals surface area contributed by atoms with Gasteiger partial charge in [-0.1, -0.05) is 60.7 Å². The summed E-state index contributed by atoms with van der Waals surface area (Å²) in [7, 11) is 0. The normalized spacial score (nSPS) is 11.0. The van der Waals surface area contributed by atoms with Gasteiger partial charge in [0.05, 0.1) is 11.2 Å². The summed E-state index contributed by atoms with van der Waals surface area (Å²) in [5.41, 5.74) is 7.17. The van der Waals surface area contributed by atoms with Crippen LogP contribution in [-0.2, 0) is 0 Å². The van der Waals surface area contributed by atoms with E-state index in [0.29, 0.717) is 0 Å². The van der Waals surface area contributed by atoms with Gasteiger partial charge in [-0.15, -0.1) is 0 Å². The quantitative estimate of drug-likeness (QED) is 0.372. The van der Waals surface area contributed by atoms with Gasteiger partial charge in [0.2, 0.25) is 0 Å². The first-order valence-electron chi connectivity index (χ1n) is 9.07. The lowest BCUT2D eigenvalue weighted by molar-refractivity contribution is 1.13. The van der Waals surface area contributed by atoms with Gasteiger partial charge in [0, 0.05) is 23.5 Å². The van der Waals surface area contributed by atoms with E-state index in [1.165, 1.54) is 39.0 Å². The largest absolute Gasteiger partial charge is 0.309 e. The van der Waals surface area contributed by atoms with Gasteiger partial charge >= 0.3 is 0 Å². The van der Waals surface area contributed by atoms with E-state index in [0.717, 1.165) is 0 Å². The van der Waals surface area contributed by atoms with Crippen molar-refractivity contribution in [3.8, 4) is 28.1 Å². The molecule has 2 nitrogen and oxygen atoms in total. The summed E-state index contributed by atoms with van der Waals surface area (Å²) < 4.78 is 2.33. The van der Waals surface area contributed by atoms with Crippen LogP contribution < -0.4 is 0 Å². The van der Waals surface area contributed by atoms with Crippen LogP contribution in [0.1, 0.15) is 0 Å². The summed E-state index contributed by atoms with van der Waals surface area (Å²) in [6.45, 7) is 0. The van der Waals surface area contributed by atoms with Crippen LogP contribution >= 0.6 is 0 Å². The molecule has 0 saturated carbocycles. The molecule has 0 atom stereocenters. The number of para-hydroxylation sites is 2. The second-order valence-electron chi connectivity index (χ2n) is 6.57. The third-order valence-corrected chi connectivity index (χ3v) is 4.92. The number of hydrogen-bond acceptors (Lipinski definition) is 1. The Kier molecular flexibility index (Phi) is 3.80. The van der Waals surface area contributed by atoms with E-state index in [9.17, 15) is 0 Å². The smallest absolute Gasteiger partial charge is 0.0540 e. The van der Waals surface area contributed by atoms with Crippen LogP contribution in [-0.4, -0.2) is 9.55 Å². The molecule has 0 amide bonds. The second kappa shape index (κ2) is 6.58. The molecule has 3 aromatic carbocycles. The summed E-state index contributed by atoms with van der Waals surface area (Å²) >= 11 is 0. The van der Waals surface area contributed by atoms with E-state index in [-0.39, 0.29) is 0 Å². The topological polar surface area (TPSA) is 17.8 Å². The lowest BCUT2D eigenvalue weighted by atomic mass is 10.0. The molecule has 0 spiro atoms. The molecule has 0 fully saturated rings. The maximum absolute atomic E-state index is 4.10.